The zero-order chi connectivity index (χ0) is 30.4. The molecule has 5 fully saturated rings. The summed E-state index contributed by atoms with van der Waals surface area (Å²) in [6.07, 6.45) is 12.7. The molecule has 1 aromatic carbocycles. The van der Waals surface area contributed by atoms with E-state index in [1.165, 1.54) is 80.3 Å². The fraction of sp³-hybridized carbons (Fsp3) is 0.795. The van der Waals surface area contributed by atoms with Gasteiger partial charge in [-0.15, -0.1) is 9.36 Å². The molecule has 0 spiro atoms. The van der Waals surface area contributed by atoms with Gasteiger partial charge in [0.1, 0.15) is 13.6 Å². The van der Waals surface area contributed by atoms with Crippen LogP contribution in [-0.4, -0.2) is 22.6 Å². The molecule has 9 atom stereocenters. The van der Waals surface area contributed by atoms with Crippen LogP contribution >= 0.6 is 0 Å². The van der Waals surface area contributed by atoms with Crippen molar-refractivity contribution in [2.75, 3.05) is 6.61 Å². The van der Waals surface area contributed by atoms with Crippen LogP contribution in [0.5, 0.6) is 0 Å². The van der Waals surface area contributed by atoms with E-state index in [0.29, 0.717) is 39.1 Å². The van der Waals surface area contributed by atoms with Crippen LogP contribution in [0.25, 0.3) is 0 Å². The Kier molecular flexibility index (Phi) is 5.87. The summed E-state index contributed by atoms with van der Waals surface area (Å²) in [5.41, 5.74) is 7.63. The highest BCUT2D eigenvalue weighted by molar-refractivity contribution is 5.30. The van der Waals surface area contributed by atoms with Gasteiger partial charge in [0.05, 0.1) is 17.9 Å². The summed E-state index contributed by atoms with van der Waals surface area (Å²) in [5.74, 6) is 3.03. The number of aromatic nitrogens is 3. The van der Waals surface area contributed by atoms with Crippen LogP contribution in [0.3, 0.4) is 0 Å². The molecule has 0 N–H and O–H groups in total. The van der Waals surface area contributed by atoms with Crippen LogP contribution in [0.15, 0.2) is 24.3 Å². The van der Waals surface area contributed by atoms with E-state index in [-0.39, 0.29) is 5.41 Å². The smallest absolute Gasteiger partial charge is 0.177 e. The Bertz CT molecular complexity index is 1450. The highest BCUT2D eigenvalue weighted by atomic mass is 16.5. The summed E-state index contributed by atoms with van der Waals surface area (Å²) in [6, 6.07) is 9.05. The van der Waals surface area contributed by atoms with Crippen LogP contribution < -0.4 is 4.68 Å². The SMILES string of the molecule is Cc1ccc(C[n+]2nn(C)c3c2C(C)(C)[C@@H]2CC[C@]4(C)[C@H](CC[C@@H]5[C@H]6[C@H]7OC[C@@]6(CCC7(C)C)CC[C@]54C)[C@@]2(C)C3)cc1. The van der Waals surface area contributed by atoms with Crippen LogP contribution in [0, 0.1) is 57.7 Å². The summed E-state index contributed by atoms with van der Waals surface area (Å²) < 4.78 is 11.4. The van der Waals surface area contributed by atoms with Crippen LogP contribution in [0.2, 0.25) is 0 Å². The van der Waals surface area contributed by atoms with Crippen LogP contribution in [-0.2, 0) is 30.2 Å². The molecule has 2 heterocycles. The molecule has 0 radical (unpaired) electrons. The van der Waals surface area contributed by atoms with Crippen molar-refractivity contribution >= 4 is 0 Å². The first-order valence-electron chi connectivity index (χ1n) is 17.8. The fourth-order valence-electron chi connectivity index (χ4n) is 13.7. The van der Waals surface area contributed by atoms with Crippen LogP contribution in [0.4, 0.5) is 0 Å². The van der Waals surface area contributed by atoms with Crippen molar-refractivity contribution in [3.63, 3.8) is 0 Å². The fourth-order valence-corrected chi connectivity index (χ4v) is 13.7. The Balaban J connectivity index is 1.17. The molecule has 5 aliphatic carbocycles. The van der Waals surface area contributed by atoms with Gasteiger partial charge in [-0.3, -0.25) is 0 Å². The standard InChI is InChI=1S/C39H58N3O/c1-25-10-12-26(13-11-25)23-42-32-28(41(9)40-42)22-36(6)29(35(32,4)5)16-17-38(8)30(36)15-14-27-31-33-34(2,3)18-20-39(31,24-43-33)21-19-37(27,38)7/h10-13,27,29-31,33H,14-24H2,1-9H3/q+1/t27-,29+,30-,31+,33-,36+,37-,38-,39-/m1/s1. The van der Waals surface area contributed by atoms with E-state index >= 15 is 0 Å². The molecule has 2 aromatic rings. The molecule has 1 saturated heterocycles. The zero-order valence-electron chi connectivity index (χ0n) is 28.7. The maximum atomic E-state index is 6.82. The van der Waals surface area contributed by atoms with Gasteiger partial charge >= 0.3 is 0 Å². The molecule has 6 aliphatic rings. The minimum absolute atomic E-state index is 0.0946. The predicted octanol–water partition coefficient (Wildman–Crippen LogP) is 7.97. The second-order valence-electron chi connectivity index (χ2n) is 18.6. The Morgan fingerprint density at radius 3 is 2.33 bits per heavy atom. The van der Waals surface area contributed by atoms with E-state index in [2.05, 4.69) is 96.1 Å². The number of nitrogens with zero attached hydrogens (tertiary/aromatic N) is 3. The average molecular weight is 585 g/mol. The first-order valence-corrected chi connectivity index (χ1v) is 17.8. The molecule has 4 heteroatoms. The summed E-state index contributed by atoms with van der Waals surface area (Å²) in [4.78, 5) is 0. The Hall–Kier alpha value is -1.68. The topological polar surface area (TPSA) is 30.9 Å². The van der Waals surface area contributed by atoms with E-state index < -0.39 is 0 Å². The van der Waals surface area contributed by atoms with Gasteiger partial charge in [-0.2, -0.15) is 0 Å². The van der Waals surface area contributed by atoms with Crippen molar-refractivity contribution in [2.45, 2.75) is 131 Å². The third-order valence-corrected chi connectivity index (χ3v) is 16.0. The molecule has 2 bridgehead atoms. The van der Waals surface area contributed by atoms with Gasteiger partial charge in [0.25, 0.3) is 0 Å². The maximum absolute atomic E-state index is 6.82. The molecule has 4 nitrogen and oxygen atoms in total. The maximum Gasteiger partial charge on any atom is 0.177 e. The summed E-state index contributed by atoms with van der Waals surface area (Å²) in [7, 11) is 2.21. The molecule has 0 amide bonds. The van der Waals surface area contributed by atoms with E-state index in [1.807, 2.05) is 0 Å². The molecule has 8 rings (SSSR count). The molecular formula is C39H58N3O+. The van der Waals surface area contributed by atoms with Gasteiger partial charge in [-0.25, -0.2) is 0 Å². The van der Waals surface area contributed by atoms with E-state index in [9.17, 15) is 0 Å². The van der Waals surface area contributed by atoms with Crippen molar-refractivity contribution < 1.29 is 9.42 Å². The largest absolute Gasteiger partial charge is 0.377 e. The minimum atomic E-state index is 0.0946. The van der Waals surface area contributed by atoms with E-state index in [4.69, 9.17) is 9.95 Å². The van der Waals surface area contributed by atoms with Crippen molar-refractivity contribution in [1.29, 1.82) is 0 Å². The highest BCUT2D eigenvalue weighted by Crippen LogP contribution is 2.77. The molecule has 4 saturated carbocycles. The Labute approximate surface area is 261 Å². The summed E-state index contributed by atoms with van der Waals surface area (Å²) in [6.45, 7) is 22.5. The molecular weight excluding hydrogens is 526 g/mol. The van der Waals surface area contributed by atoms with E-state index in [0.717, 1.165) is 30.9 Å². The van der Waals surface area contributed by atoms with E-state index in [1.54, 1.807) is 0 Å². The van der Waals surface area contributed by atoms with Crippen molar-refractivity contribution in [2.24, 2.45) is 57.8 Å². The third-order valence-electron chi connectivity index (χ3n) is 16.0. The van der Waals surface area contributed by atoms with Gasteiger partial charge in [0.15, 0.2) is 11.4 Å². The molecule has 0 unspecified atom stereocenters. The second-order valence-corrected chi connectivity index (χ2v) is 18.6. The summed E-state index contributed by atoms with van der Waals surface area (Å²) in [5, 5.41) is 5.20. The minimum Gasteiger partial charge on any atom is -0.377 e. The molecule has 43 heavy (non-hydrogen) atoms. The first kappa shape index (κ1) is 28.8. The zero-order valence-corrected chi connectivity index (χ0v) is 28.7. The van der Waals surface area contributed by atoms with Crippen molar-refractivity contribution in [1.82, 2.24) is 9.90 Å². The van der Waals surface area contributed by atoms with Crippen molar-refractivity contribution in [3.05, 3.63) is 46.8 Å². The lowest BCUT2D eigenvalue weighted by molar-refractivity contribution is -0.757. The Morgan fingerprint density at radius 1 is 0.860 bits per heavy atom. The number of rotatable bonds is 2. The first-order chi connectivity index (χ1) is 20.2. The predicted molar refractivity (Wildman–Crippen MR) is 172 cm³/mol. The number of hydrogen-bond donors (Lipinski definition) is 0. The second kappa shape index (κ2) is 8.77. The molecule has 1 aromatic heterocycles. The molecule has 234 valence electrons. The molecule has 1 aliphatic heterocycles. The number of benzene rings is 1. The number of fused-ring (bicyclic) bond motifs is 6. The van der Waals surface area contributed by atoms with Crippen LogP contribution in [0.1, 0.15) is 122 Å². The summed E-state index contributed by atoms with van der Waals surface area (Å²) >= 11 is 0. The highest BCUT2D eigenvalue weighted by Gasteiger charge is 2.73. The van der Waals surface area contributed by atoms with Gasteiger partial charge < -0.3 is 4.74 Å². The number of aryl methyl sites for hydroxylation is 2. The third kappa shape index (κ3) is 3.54. The lowest BCUT2D eigenvalue weighted by Crippen LogP contribution is -2.68. The number of ether oxygens (including phenoxy) is 1. The number of hydrogen-bond acceptors (Lipinski definition) is 2. The lowest BCUT2D eigenvalue weighted by Gasteiger charge is -2.72. The lowest BCUT2D eigenvalue weighted by atomic mass is 9.31. The van der Waals surface area contributed by atoms with Gasteiger partial charge in [0.2, 0.25) is 0 Å². The van der Waals surface area contributed by atoms with Gasteiger partial charge in [0, 0.05) is 11.8 Å². The van der Waals surface area contributed by atoms with Gasteiger partial charge in [-0.1, -0.05) is 78.3 Å². The normalized spacial score (nSPS) is 45.4. The average Bonchev–Trinajstić information content (AvgIpc) is 3.43. The Morgan fingerprint density at radius 2 is 1.58 bits per heavy atom. The quantitative estimate of drug-likeness (QED) is 0.335. The van der Waals surface area contributed by atoms with Gasteiger partial charge in [-0.05, 0) is 115 Å². The van der Waals surface area contributed by atoms with Crippen molar-refractivity contribution in [3.8, 4) is 0 Å². The monoisotopic (exact) mass is 584 g/mol.